The van der Waals surface area contributed by atoms with Gasteiger partial charge in [0.05, 0.1) is 4.92 Å². The molecule has 1 heterocycles. The Balaban J connectivity index is 1.58. The summed E-state index contributed by atoms with van der Waals surface area (Å²) in [4.78, 5) is 22.0. The quantitative estimate of drug-likeness (QED) is 0.343. The van der Waals surface area contributed by atoms with Gasteiger partial charge in [-0.1, -0.05) is 0 Å². The van der Waals surface area contributed by atoms with Gasteiger partial charge in [-0.2, -0.15) is 0 Å². The highest BCUT2D eigenvalue weighted by molar-refractivity contribution is 5.87. The Morgan fingerprint density at radius 3 is 2.60 bits per heavy atom. The molecule has 1 fully saturated rings. The molecule has 0 N–H and O–H groups in total. The molecule has 0 unspecified atom stereocenters. The minimum absolute atomic E-state index is 0.0148. The molecule has 2 aromatic rings. The monoisotopic (exact) mass is 340 g/mol. The Hall–Kier alpha value is -2.89. The number of nitro benzene ring substituents is 1. The van der Waals surface area contributed by atoms with Crippen molar-refractivity contribution in [2.75, 3.05) is 0 Å². The second kappa shape index (κ2) is 6.93. The minimum Gasteiger partial charge on any atom is -0.458 e. The Morgan fingerprint density at radius 2 is 2.00 bits per heavy atom. The van der Waals surface area contributed by atoms with Crippen LogP contribution in [0, 0.1) is 24.0 Å². The van der Waals surface area contributed by atoms with Gasteiger partial charge in [-0.15, -0.1) is 0 Å². The zero-order chi connectivity index (χ0) is 18.0. The van der Waals surface area contributed by atoms with Crippen LogP contribution in [0.4, 0.5) is 5.69 Å². The van der Waals surface area contributed by atoms with Gasteiger partial charge < -0.3 is 9.30 Å². The largest absolute Gasteiger partial charge is 0.458 e. The molecular formula is C19H20N2O4. The van der Waals surface area contributed by atoms with Gasteiger partial charge in [0.15, 0.2) is 0 Å². The van der Waals surface area contributed by atoms with E-state index in [9.17, 15) is 14.9 Å². The molecule has 0 bridgehead atoms. The zero-order valence-corrected chi connectivity index (χ0v) is 14.3. The van der Waals surface area contributed by atoms with Gasteiger partial charge in [0.2, 0.25) is 0 Å². The predicted molar refractivity (Wildman–Crippen MR) is 94.1 cm³/mol. The number of non-ortho nitro benzene ring substituents is 1. The minimum atomic E-state index is -0.462. The third kappa shape index (κ3) is 3.96. The molecule has 0 spiro atoms. The van der Waals surface area contributed by atoms with Crippen molar-refractivity contribution >= 4 is 17.7 Å². The fourth-order valence-corrected chi connectivity index (χ4v) is 2.94. The average molecular weight is 340 g/mol. The second-order valence-corrected chi connectivity index (χ2v) is 6.29. The number of carbonyl (C=O) groups is 1. The van der Waals surface area contributed by atoms with Crippen LogP contribution in [0.1, 0.15) is 41.4 Å². The van der Waals surface area contributed by atoms with E-state index in [0.29, 0.717) is 11.6 Å². The first-order chi connectivity index (χ1) is 12.0. The number of nitro groups is 1. The van der Waals surface area contributed by atoms with E-state index < -0.39 is 10.9 Å². The number of benzene rings is 1. The molecular weight excluding hydrogens is 320 g/mol. The van der Waals surface area contributed by atoms with Crippen LogP contribution < -0.4 is 0 Å². The molecule has 3 rings (SSSR count). The molecule has 1 aromatic carbocycles. The number of carbonyl (C=O) groups excluding carboxylic acids is 1. The smallest absolute Gasteiger partial charge is 0.331 e. The number of nitrogens with zero attached hydrogens (tertiary/aromatic N) is 2. The highest BCUT2D eigenvalue weighted by Crippen LogP contribution is 2.38. The summed E-state index contributed by atoms with van der Waals surface area (Å²) in [5.41, 5.74) is 4.12. The van der Waals surface area contributed by atoms with Crippen molar-refractivity contribution < 1.29 is 14.5 Å². The number of aromatic nitrogens is 1. The van der Waals surface area contributed by atoms with Crippen molar-refractivity contribution in [3.63, 3.8) is 0 Å². The van der Waals surface area contributed by atoms with E-state index in [2.05, 4.69) is 24.5 Å². The number of esters is 1. The Morgan fingerprint density at radius 1 is 1.32 bits per heavy atom. The van der Waals surface area contributed by atoms with E-state index in [0.717, 1.165) is 5.56 Å². The van der Waals surface area contributed by atoms with Gasteiger partial charge in [0.25, 0.3) is 5.69 Å². The molecule has 0 aliphatic heterocycles. The van der Waals surface area contributed by atoms with E-state index in [4.69, 9.17) is 4.74 Å². The summed E-state index contributed by atoms with van der Waals surface area (Å²) >= 11 is 0. The van der Waals surface area contributed by atoms with Gasteiger partial charge >= 0.3 is 5.97 Å². The lowest BCUT2D eigenvalue weighted by molar-refractivity contribution is -0.384. The molecule has 1 aliphatic carbocycles. The lowest BCUT2D eigenvalue weighted by atomic mass is 10.2. The van der Waals surface area contributed by atoms with Gasteiger partial charge in [-0.05, 0) is 62.1 Å². The molecule has 6 heteroatoms. The van der Waals surface area contributed by atoms with Gasteiger partial charge in [0.1, 0.15) is 6.61 Å². The van der Waals surface area contributed by atoms with Crippen molar-refractivity contribution in [3.8, 4) is 0 Å². The summed E-state index contributed by atoms with van der Waals surface area (Å²) in [7, 11) is 0. The SMILES string of the molecule is Cc1cc(/C=C/C(=O)OCc2ccc([N+](=O)[O-])cc2)c(C)n1C1CC1. The van der Waals surface area contributed by atoms with Crippen LogP contribution in [0.2, 0.25) is 0 Å². The second-order valence-electron chi connectivity index (χ2n) is 6.29. The molecule has 0 saturated heterocycles. The lowest BCUT2D eigenvalue weighted by Crippen LogP contribution is -2.01. The summed E-state index contributed by atoms with van der Waals surface area (Å²) in [6.07, 6.45) is 5.64. The lowest BCUT2D eigenvalue weighted by Gasteiger charge is -2.06. The maximum absolute atomic E-state index is 11.9. The van der Waals surface area contributed by atoms with E-state index in [1.807, 2.05) is 0 Å². The van der Waals surface area contributed by atoms with Gasteiger partial charge in [-0.3, -0.25) is 10.1 Å². The van der Waals surface area contributed by atoms with Crippen LogP contribution in [0.5, 0.6) is 0 Å². The van der Waals surface area contributed by atoms with E-state index in [-0.39, 0.29) is 12.3 Å². The third-order valence-corrected chi connectivity index (χ3v) is 4.36. The van der Waals surface area contributed by atoms with Crippen LogP contribution in [0.15, 0.2) is 36.4 Å². The van der Waals surface area contributed by atoms with Crippen LogP contribution in [-0.4, -0.2) is 15.5 Å². The molecule has 1 aliphatic rings. The standard InChI is InChI=1S/C19H20N2O4/c1-13-11-16(14(2)20(13)17-8-9-17)5-10-19(22)25-12-15-3-6-18(7-4-15)21(23)24/h3-7,10-11,17H,8-9,12H2,1-2H3/b10-5+. The van der Waals surface area contributed by atoms with Crippen molar-refractivity contribution in [1.82, 2.24) is 4.57 Å². The van der Waals surface area contributed by atoms with Crippen molar-refractivity contribution in [1.29, 1.82) is 0 Å². The first-order valence-electron chi connectivity index (χ1n) is 8.22. The van der Waals surface area contributed by atoms with Crippen molar-refractivity contribution in [3.05, 3.63) is 69.0 Å². The summed E-state index contributed by atoms with van der Waals surface area (Å²) in [6.45, 7) is 4.23. The summed E-state index contributed by atoms with van der Waals surface area (Å²) in [5, 5.41) is 10.6. The highest BCUT2D eigenvalue weighted by atomic mass is 16.6. The van der Waals surface area contributed by atoms with E-state index in [1.54, 1.807) is 18.2 Å². The van der Waals surface area contributed by atoms with Crippen molar-refractivity contribution in [2.24, 2.45) is 0 Å². The van der Waals surface area contributed by atoms with E-state index >= 15 is 0 Å². The number of ether oxygens (including phenoxy) is 1. The highest BCUT2D eigenvalue weighted by Gasteiger charge is 2.26. The number of hydrogen-bond donors (Lipinski definition) is 0. The van der Waals surface area contributed by atoms with Gasteiger partial charge in [-0.25, -0.2) is 4.79 Å². The topological polar surface area (TPSA) is 74.4 Å². The molecule has 25 heavy (non-hydrogen) atoms. The molecule has 130 valence electrons. The summed E-state index contributed by atoms with van der Waals surface area (Å²) in [5.74, 6) is -0.436. The molecule has 6 nitrogen and oxygen atoms in total. The average Bonchev–Trinajstić information content (AvgIpc) is 3.37. The molecule has 0 atom stereocenters. The maximum atomic E-state index is 11.9. The fourth-order valence-electron chi connectivity index (χ4n) is 2.94. The molecule has 1 saturated carbocycles. The Kier molecular flexibility index (Phi) is 4.70. The van der Waals surface area contributed by atoms with Crippen LogP contribution >= 0.6 is 0 Å². The third-order valence-electron chi connectivity index (χ3n) is 4.36. The predicted octanol–water partition coefficient (Wildman–Crippen LogP) is 4.10. The normalized spacial score (nSPS) is 14.0. The maximum Gasteiger partial charge on any atom is 0.331 e. The Bertz CT molecular complexity index is 830. The number of hydrogen-bond acceptors (Lipinski definition) is 4. The van der Waals surface area contributed by atoms with Crippen LogP contribution in [-0.2, 0) is 16.1 Å². The Labute approximate surface area is 145 Å². The molecule has 1 aromatic heterocycles. The first kappa shape index (κ1) is 17.0. The summed E-state index contributed by atoms with van der Waals surface area (Å²) < 4.78 is 7.51. The molecule has 0 radical (unpaired) electrons. The van der Waals surface area contributed by atoms with Crippen LogP contribution in [0.3, 0.4) is 0 Å². The van der Waals surface area contributed by atoms with Crippen molar-refractivity contribution in [2.45, 2.75) is 39.3 Å². The van der Waals surface area contributed by atoms with Gasteiger partial charge in [0, 0.05) is 35.6 Å². The number of aryl methyl sites for hydroxylation is 1. The first-order valence-corrected chi connectivity index (χ1v) is 8.22. The molecule has 0 amide bonds. The summed E-state index contributed by atoms with van der Waals surface area (Å²) in [6, 6.07) is 8.64. The van der Waals surface area contributed by atoms with Crippen LogP contribution in [0.25, 0.3) is 6.08 Å². The number of rotatable bonds is 6. The van der Waals surface area contributed by atoms with E-state index in [1.165, 1.54) is 42.4 Å². The fraction of sp³-hybridized carbons (Fsp3) is 0.316. The zero-order valence-electron chi connectivity index (χ0n) is 14.3.